The normalized spacial score (nSPS) is 10.3. The van der Waals surface area contributed by atoms with E-state index in [9.17, 15) is 0 Å². The summed E-state index contributed by atoms with van der Waals surface area (Å²) in [5, 5.41) is 3.44. The molecule has 0 aliphatic heterocycles. The van der Waals surface area contributed by atoms with Crippen molar-refractivity contribution in [1.82, 2.24) is 4.57 Å². The lowest BCUT2D eigenvalue weighted by Gasteiger charge is -2.11. The predicted molar refractivity (Wildman–Crippen MR) is 86.1 cm³/mol. The number of nitrogens with zero attached hydrogens (tertiary/aromatic N) is 1. The van der Waals surface area contributed by atoms with Crippen LogP contribution in [0, 0.1) is 0 Å². The fourth-order valence-corrected chi connectivity index (χ4v) is 2.33. The third-order valence-corrected chi connectivity index (χ3v) is 3.42. The van der Waals surface area contributed by atoms with Crippen molar-refractivity contribution in [2.24, 2.45) is 0 Å². The van der Waals surface area contributed by atoms with Crippen molar-refractivity contribution in [3.05, 3.63) is 78.6 Å². The summed E-state index contributed by atoms with van der Waals surface area (Å²) in [4.78, 5) is 0. The second-order valence-corrected chi connectivity index (χ2v) is 4.81. The van der Waals surface area contributed by atoms with Crippen molar-refractivity contribution in [3.8, 4) is 11.4 Å². The van der Waals surface area contributed by atoms with Gasteiger partial charge in [0.25, 0.3) is 0 Å². The molecule has 1 N–H and O–H groups in total. The van der Waals surface area contributed by atoms with Crippen molar-refractivity contribution in [3.63, 3.8) is 0 Å². The largest absolute Gasteiger partial charge is 0.496 e. The molecule has 2 aromatic carbocycles. The summed E-state index contributed by atoms with van der Waals surface area (Å²) in [7, 11) is 1.70. The summed E-state index contributed by atoms with van der Waals surface area (Å²) in [5.41, 5.74) is 3.38. The highest BCUT2D eigenvalue weighted by Crippen LogP contribution is 2.20. The Morgan fingerprint density at radius 1 is 0.952 bits per heavy atom. The molecule has 1 aromatic heterocycles. The first-order valence-corrected chi connectivity index (χ1v) is 6.96. The summed E-state index contributed by atoms with van der Waals surface area (Å²) in [5.74, 6) is 0.909. The smallest absolute Gasteiger partial charge is 0.123 e. The number of rotatable bonds is 5. The number of ether oxygens (including phenoxy) is 1. The Hall–Kier alpha value is -2.68. The van der Waals surface area contributed by atoms with Gasteiger partial charge in [0.1, 0.15) is 5.75 Å². The van der Waals surface area contributed by atoms with E-state index in [0.29, 0.717) is 0 Å². The zero-order valence-electron chi connectivity index (χ0n) is 12.0. The number of nitrogens with one attached hydrogen (secondary N) is 1. The van der Waals surface area contributed by atoms with Gasteiger partial charge in [-0.2, -0.15) is 0 Å². The number of methoxy groups -OCH3 is 1. The fraction of sp³-hybridized carbons (Fsp3) is 0.111. The second-order valence-electron chi connectivity index (χ2n) is 4.81. The van der Waals surface area contributed by atoms with Gasteiger partial charge in [-0.25, -0.2) is 0 Å². The molecule has 0 unspecified atom stereocenters. The Labute approximate surface area is 124 Å². The van der Waals surface area contributed by atoms with Crippen LogP contribution in [0.5, 0.6) is 5.75 Å². The molecule has 0 saturated carbocycles. The van der Waals surface area contributed by atoms with Crippen LogP contribution in [0.2, 0.25) is 0 Å². The Morgan fingerprint density at radius 3 is 2.57 bits per heavy atom. The highest BCUT2D eigenvalue weighted by atomic mass is 16.5. The predicted octanol–water partition coefficient (Wildman–Crippen LogP) is 4.10. The van der Waals surface area contributed by atoms with Gasteiger partial charge in [-0.3, -0.25) is 0 Å². The lowest BCUT2D eigenvalue weighted by atomic mass is 10.2. The Kier molecular flexibility index (Phi) is 3.92. The highest BCUT2D eigenvalue weighted by molar-refractivity contribution is 5.52. The van der Waals surface area contributed by atoms with E-state index in [1.54, 1.807) is 7.11 Å². The van der Waals surface area contributed by atoms with E-state index in [-0.39, 0.29) is 0 Å². The molecule has 21 heavy (non-hydrogen) atoms. The van der Waals surface area contributed by atoms with E-state index in [4.69, 9.17) is 4.74 Å². The first kappa shape index (κ1) is 13.3. The molecule has 0 aliphatic rings. The minimum absolute atomic E-state index is 0.735. The third kappa shape index (κ3) is 3.08. The van der Waals surface area contributed by atoms with Crippen LogP contribution in [0.3, 0.4) is 0 Å². The SMILES string of the molecule is COc1ccccc1CNc1cccc(-n2cccc2)c1. The van der Waals surface area contributed by atoms with Crippen molar-refractivity contribution in [2.75, 3.05) is 12.4 Å². The first-order chi connectivity index (χ1) is 10.4. The standard InChI is InChI=1S/C18H18N2O/c1-21-18-10-3-2-7-15(18)14-19-16-8-6-9-17(13-16)20-11-4-5-12-20/h2-13,19H,14H2,1H3. The quantitative estimate of drug-likeness (QED) is 0.760. The average Bonchev–Trinajstić information content (AvgIpc) is 3.08. The fourth-order valence-electron chi connectivity index (χ4n) is 2.33. The number of hydrogen-bond donors (Lipinski definition) is 1. The van der Waals surface area contributed by atoms with Gasteiger partial charge in [0.2, 0.25) is 0 Å². The van der Waals surface area contributed by atoms with Gasteiger partial charge in [0.05, 0.1) is 7.11 Å². The van der Waals surface area contributed by atoms with Gasteiger partial charge in [0, 0.05) is 35.9 Å². The number of benzene rings is 2. The molecule has 3 heteroatoms. The molecule has 106 valence electrons. The third-order valence-electron chi connectivity index (χ3n) is 3.42. The molecule has 0 amide bonds. The highest BCUT2D eigenvalue weighted by Gasteiger charge is 2.02. The topological polar surface area (TPSA) is 26.2 Å². The zero-order valence-corrected chi connectivity index (χ0v) is 12.0. The Bertz CT molecular complexity index is 705. The Balaban J connectivity index is 1.75. The van der Waals surface area contributed by atoms with Crippen molar-refractivity contribution < 1.29 is 4.74 Å². The molecular weight excluding hydrogens is 260 g/mol. The van der Waals surface area contributed by atoms with Gasteiger partial charge in [-0.05, 0) is 36.4 Å². The monoisotopic (exact) mass is 278 g/mol. The van der Waals surface area contributed by atoms with Crippen LogP contribution >= 0.6 is 0 Å². The molecule has 1 heterocycles. The van der Waals surface area contributed by atoms with Crippen LogP contribution in [0.1, 0.15) is 5.56 Å². The minimum Gasteiger partial charge on any atom is -0.496 e. The van der Waals surface area contributed by atoms with E-state index in [2.05, 4.69) is 40.2 Å². The van der Waals surface area contributed by atoms with E-state index < -0.39 is 0 Å². The lowest BCUT2D eigenvalue weighted by molar-refractivity contribution is 0.410. The summed E-state index contributed by atoms with van der Waals surface area (Å²) >= 11 is 0. The van der Waals surface area contributed by atoms with E-state index in [0.717, 1.165) is 29.2 Å². The molecule has 0 saturated heterocycles. The van der Waals surface area contributed by atoms with Crippen molar-refractivity contribution in [2.45, 2.75) is 6.54 Å². The molecule has 0 atom stereocenters. The van der Waals surface area contributed by atoms with Crippen molar-refractivity contribution in [1.29, 1.82) is 0 Å². The van der Waals surface area contributed by atoms with E-state index in [1.807, 2.05) is 42.7 Å². The zero-order chi connectivity index (χ0) is 14.5. The molecule has 0 fully saturated rings. The molecule has 0 radical (unpaired) electrons. The number of hydrogen-bond acceptors (Lipinski definition) is 2. The molecule has 3 nitrogen and oxygen atoms in total. The molecule has 0 aliphatic carbocycles. The summed E-state index contributed by atoms with van der Waals surface area (Å²) in [6, 6.07) is 20.5. The molecule has 3 aromatic rings. The maximum absolute atomic E-state index is 5.37. The maximum atomic E-state index is 5.37. The first-order valence-electron chi connectivity index (χ1n) is 6.96. The van der Waals surface area contributed by atoms with Gasteiger partial charge in [-0.1, -0.05) is 24.3 Å². The maximum Gasteiger partial charge on any atom is 0.123 e. The molecular formula is C18H18N2O. The van der Waals surface area contributed by atoms with Crippen molar-refractivity contribution >= 4 is 5.69 Å². The summed E-state index contributed by atoms with van der Waals surface area (Å²) < 4.78 is 7.46. The van der Waals surface area contributed by atoms with Gasteiger partial charge < -0.3 is 14.6 Å². The lowest BCUT2D eigenvalue weighted by Crippen LogP contribution is -2.02. The Morgan fingerprint density at radius 2 is 1.76 bits per heavy atom. The van der Waals surface area contributed by atoms with Crippen LogP contribution in [0.25, 0.3) is 5.69 Å². The molecule has 3 rings (SSSR count). The molecule has 0 spiro atoms. The average molecular weight is 278 g/mol. The van der Waals surface area contributed by atoms with Gasteiger partial charge in [-0.15, -0.1) is 0 Å². The summed E-state index contributed by atoms with van der Waals surface area (Å²) in [6.07, 6.45) is 4.08. The van der Waals surface area contributed by atoms with Crippen LogP contribution in [0.4, 0.5) is 5.69 Å². The van der Waals surface area contributed by atoms with Crippen LogP contribution < -0.4 is 10.1 Å². The van der Waals surface area contributed by atoms with E-state index >= 15 is 0 Å². The van der Waals surface area contributed by atoms with E-state index in [1.165, 1.54) is 0 Å². The number of anilines is 1. The van der Waals surface area contributed by atoms with Crippen LogP contribution in [-0.4, -0.2) is 11.7 Å². The van der Waals surface area contributed by atoms with Crippen LogP contribution in [0.15, 0.2) is 73.1 Å². The molecule has 0 bridgehead atoms. The van der Waals surface area contributed by atoms with Gasteiger partial charge in [0.15, 0.2) is 0 Å². The van der Waals surface area contributed by atoms with Crippen LogP contribution in [-0.2, 0) is 6.54 Å². The number of para-hydroxylation sites is 1. The van der Waals surface area contributed by atoms with Gasteiger partial charge >= 0.3 is 0 Å². The minimum atomic E-state index is 0.735. The second kappa shape index (κ2) is 6.18. The summed E-state index contributed by atoms with van der Waals surface area (Å²) in [6.45, 7) is 0.735. The number of aromatic nitrogens is 1.